The summed E-state index contributed by atoms with van der Waals surface area (Å²) < 4.78 is 0.956. The van der Waals surface area contributed by atoms with Crippen LogP contribution in [0.1, 0.15) is 32.1 Å². The molecule has 2 fully saturated rings. The molecule has 0 aliphatic heterocycles. The van der Waals surface area contributed by atoms with Crippen molar-refractivity contribution in [2.75, 3.05) is 17.2 Å². The van der Waals surface area contributed by atoms with Gasteiger partial charge in [-0.1, -0.05) is 25.0 Å². The zero-order valence-electron chi connectivity index (χ0n) is 17.5. The summed E-state index contributed by atoms with van der Waals surface area (Å²) in [6.07, 6.45) is 2.58. The van der Waals surface area contributed by atoms with Gasteiger partial charge in [0.05, 0.1) is 22.4 Å². The molecule has 9 nitrogen and oxygen atoms in total. The van der Waals surface area contributed by atoms with E-state index in [1.807, 2.05) is 24.3 Å². The van der Waals surface area contributed by atoms with Crippen LogP contribution in [0.3, 0.4) is 0 Å². The summed E-state index contributed by atoms with van der Waals surface area (Å²) in [6, 6.07) is 7.37. The minimum absolute atomic E-state index is 0.224. The molecule has 4 atom stereocenters. The van der Waals surface area contributed by atoms with E-state index in [0.29, 0.717) is 28.8 Å². The predicted octanol–water partition coefficient (Wildman–Crippen LogP) is 1.92. The molecule has 1 aromatic carbocycles. The highest BCUT2D eigenvalue weighted by atomic mass is 32.1. The number of nitrogens with zero attached hydrogens (tertiary/aromatic N) is 2. The molecule has 0 saturated heterocycles. The molecular weight excluding hydrogens is 430 g/mol. The van der Waals surface area contributed by atoms with Gasteiger partial charge in [0.25, 0.3) is 5.56 Å². The first-order valence-electron chi connectivity index (χ1n) is 11.0. The van der Waals surface area contributed by atoms with Crippen molar-refractivity contribution < 1.29 is 15.3 Å². The lowest BCUT2D eigenvalue weighted by molar-refractivity contribution is 0.00446. The Balaban J connectivity index is 1.54. The van der Waals surface area contributed by atoms with Crippen molar-refractivity contribution >= 4 is 33.3 Å². The molecule has 0 amide bonds. The molecule has 32 heavy (non-hydrogen) atoms. The number of thiazole rings is 1. The topological polar surface area (TPSA) is 143 Å². The summed E-state index contributed by atoms with van der Waals surface area (Å²) >= 11 is 1.40. The van der Waals surface area contributed by atoms with E-state index in [4.69, 9.17) is 0 Å². The monoisotopic (exact) mass is 457 g/mol. The Hall–Kier alpha value is -2.53. The Morgan fingerprint density at radius 3 is 2.59 bits per heavy atom. The second-order valence-electron chi connectivity index (χ2n) is 8.66. The van der Waals surface area contributed by atoms with E-state index in [2.05, 4.69) is 25.6 Å². The van der Waals surface area contributed by atoms with Crippen molar-refractivity contribution in [2.24, 2.45) is 5.92 Å². The highest BCUT2D eigenvalue weighted by Gasteiger charge is 2.41. The largest absolute Gasteiger partial charge is 0.396 e. The number of fused-ring (bicyclic) bond motifs is 1. The molecule has 5 rings (SSSR count). The first-order chi connectivity index (χ1) is 15.5. The number of hydrogen-bond acceptors (Lipinski definition) is 9. The Bertz CT molecular complexity index is 1130. The third kappa shape index (κ3) is 3.99. The number of aliphatic hydroxyl groups is 3. The Kier molecular flexibility index (Phi) is 5.85. The van der Waals surface area contributed by atoms with Gasteiger partial charge in [0.1, 0.15) is 22.5 Å². The molecule has 2 aliphatic rings. The lowest BCUT2D eigenvalue weighted by Crippen LogP contribution is -2.36. The van der Waals surface area contributed by atoms with Crippen LogP contribution in [0.25, 0.3) is 20.8 Å². The van der Waals surface area contributed by atoms with Gasteiger partial charge in [-0.2, -0.15) is 4.98 Å². The number of aliphatic hydroxyl groups excluding tert-OH is 3. The Morgan fingerprint density at radius 2 is 1.88 bits per heavy atom. The van der Waals surface area contributed by atoms with E-state index in [1.165, 1.54) is 11.3 Å². The molecule has 2 aliphatic carbocycles. The minimum atomic E-state index is -1.08. The quantitative estimate of drug-likeness (QED) is 0.329. The fourth-order valence-corrected chi connectivity index (χ4v) is 5.72. The van der Waals surface area contributed by atoms with Gasteiger partial charge < -0.3 is 26.0 Å². The summed E-state index contributed by atoms with van der Waals surface area (Å²) in [4.78, 5) is 25.3. The second kappa shape index (κ2) is 8.78. The summed E-state index contributed by atoms with van der Waals surface area (Å²) in [5.41, 5.74) is 0.772. The zero-order valence-corrected chi connectivity index (χ0v) is 18.3. The minimum Gasteiger partial charge on any atom is -0.396 e. The van der Waals surface area contributed by atoms with Gasteiger partial charge >= 0.3 is 0 Å². The van der Waals surface area contributed by atoms with Crippen LogP contribution in [-0.2, 0) is 0 Å². The summed E-state index contributed by atoms with van der Waals surface area (Å²) in [7, 11) is 0. The molecule has 170 valence electrons. The van der Waals surface area contributed by atoms with E-state index in [1.54, 1.807) is 0 Å². The Morgan fingerprint density at radius 1 is 1.09 bits per heavy atom. The molecule has 3 aromatic rings. The van der Waals surface area contributed by atoms with Gasteiger partial charge in [-0.15, -0.1) is 11.3 Å². The molecule has 0 bridgehead atoms. The van der Waals surface area contributed by atoms with Crippen LogP contribution in [-0.4, -0.2) is 61.2 Å². The van der Waals surface area contributed by atoms with E-state index < -0.39 is 24.2 Å². The first-order valence-corrected chi connectivity index (χ1v) is 11.9. The van der Waals surface area contributed by atoms with Crippen molar-refractivity contribution in [1.29, 1.82) is 0 Å². The normalized spacial score (nSPS) is 26.1. The highest BCUT2D eigenvalue weighted by molar-refractivity contribution is 7.21. The maximum absolute atomic E-state index is 13.2. The number of rotatable bonds is 6. The number of nitrogens with one attached hydrogen (secondary N) is 3. The number of aromatic nitrogens is 3. The third-order valence-electron chi connectivity index (χ3n) is 6.48. The maximum Gasteiger partial charge on any atom is 0.264 e. The van der Waals surface area contributed by atoms with Crippen molar-refractivity contribution in [2.45, 2.75) is 56.4 Å². The Labute approximate surface area is 188 Å². The van der Waals surface area contributed by atoms with E-state index in [0.717, 1.165) is 35.9 Å². The van der Waals surface area contributed by atoms with Crippen LogP contribution in [0.5, 0.6) is 0 Å². The van der Waals surface area contributed by atoms with Crippen LogP contribution in [0.4, 0.5) is 11.8 Å². The molecular formula is C22H27N5O4S. The lowest BCUT2D eigenvalue weighted by Gasteiger charge is -2.21. The van der Waals surface area contributed by atoms with E-state index >= 15 is 0 Å². The van der Waals surface area contributed by atoms with Crippen LogP contribution >= 0.6 is 11.3 Å². The average Bonchev–Trinajstić information content (AvgIpc) is 3.49. The molecule has 0 unspecified atom stereocenters. The fraction of sp³-hybridized carbons (Fsp3) is 0.500. The van der Waals surface area contributed by atoms with Crippen molar-refractivity contribution in [3.63, 3.8) is 0 Å². The van der Waals surface area contributed by atoms with E-state index in [9.17, 15) is 20.1 Å². The number of H-pyrrole nitrogens is 1. The number of aromatic amines is 1. The average molecular weight is 458 g/mol. The molecule has 10 heteroatoms. The van der Waals surface area contributed by atoms with Crippen LogP contribution in [0.15, 0.2) is 29.1 Å². The van der Waals surface area contributed by atoms with Gasteiger partial charge in [-0.05, 0) is 31.4 Å². The SMILES string of the molecule is O=c1[nH]c(NC2CCCC2)nc(N[C@@H]2C[C@H](CO)[C@@H](O)[C@H]2O)c1-c1nc2ccccc2s1. The van der Waals surface area contributed by atoms with Crippen LogP contribution in [0, 0.1) is 5.92 Å². The number of para-hydroxylation sites is 1. The molecule has 0 radical (unpaired) electrons. The highest BCUT2D eigenvalue weighted by Crippen LogP contribution is 2.35. The van der Waals surface area contributed by atoms with Gasteiger partial charge in [0, 0.05) is 18.6 Å². The molecule has 2 saturated carbocycles. The first kappa shape index (κ1) is 21.3. The van der Waals surface area contributed by atoms with Crippen LogP contribution < -0.4 is 16.2 Å². The lowest BCUT2D eigenvalue weighted by atomic mass is 10.1. The van der Waals surface area contributed by atoms with Gasteiger partial charge in [-0.25, -0.2) is 4.98 Å². The van der Waals surface area contributed by atoms with Gasteiger partial charge in [-0.3, -0.25) is 9.78 Å². The molecule has 0 spiro atoms. The zero-order chi connectivity index (χ0) is 22.2. The summed E-state index contributed by atoms with van der Waals surface area (Å²) in [5, 5.41) is 37.3. The number of hydrogen-bond donors (Lipinski definition) is 6. The summed E-state index contributed by atoms with van der Waals surface area (Å²) in [6.45, 7) is -0.224. The van der Waals surface area contributed by atoms with Crippen molar-refractivity contribution in [3.05, 3.63) is 34.6 Å². The molecule has 6 N–H and O–H groups in total. The van der Waals surface area contributed by atoms with E-state index in [-0.39, 0.29) is 18.2 Å². The summed E-state index contributed by atoms with van der Waals surface area (Å²) in [5.74, 6) is 0.246. The predicted molar refractivity (Wildman–Crippen MR) is 124 cm³/mol. The number of anilines is 2. The second-order valence-corrected chi connectivity index (χ2v) is 9.69. The van der Waals surface area contributed by atoms with Crippen molar-refractivity contribution in [3.8, 4) is 10.6 Å². The maximum atomic E-state index is 13.2. The number of benzene rings is 1. The fourth-order valence-electron chi connectivity index (χ4n) is 4.71. The van der Waals surface area contributed by atoms with Gasteiger partial charge in [0.2, 0.25) is 5.95 Å². The third-order valence-corrected chi connectivity index (χ3v) is 7.54. The smallest absolute Gasteiger partial charge is 0.264 e. The van der Waals surface area contributed by atoms with Gasteiger partial charge in [0.15, 0.2) is 0 Å². The molecule has 2 heterocycles. The molecule has 2 aromatic heterocycles. The van der Waals surface area contributed by atoms with Crippen molar-refractivity contribution in [1.82, 2.24) is 15.0 Å². The standard InChI is InChI=1S/C22H27N5O4S/c28-10-11-9-14(18(30)17(11)29)24-19-16(21-25-13-7-3-4-8-15(13)32-21)20(31)27-22(26-19)23-12-5-1-2-6-12/h3-4,7-8,11-12,14,17-18,28-30H,1-2,5-6,9-10H2,(H3,23,24,26,27,31)/t11-,14-,17-,18+/m1/s1. The van der Waals surface area contributed by atoms with Crippen LogP contribution in [0.2, 0.25) is 0 Å².